The Balaban J connectivity index is 1.26. The van der Waals surface area contributed by atoms with Crippen molar-refractivity contribution in [2.75, 3.05) is 4.90 Å². The molecule has 10 aromatic rings. The van der Waals surface area contributed by atoms with E-state index >= 15 is 0 Å². The van der Waals surface area contributed by atoms with E-state index in [2.05, 4.69) is 175 Å². The van der Waals surface area contributed by atoms with Gasteiger partial charge in [-0.3, -0.25) is 0 Å². The Hall–Kier alpha value is -6.58. The molecule has 8 aromatic carbocycles. The fourth-order valence-electron chi connectivity index (χ4n) is 7.39. The minimum Gasteiger partial charge on any atom is -0.455 e. The maximum Gasteiger partial charge on any atom is 0.159 e. The molecule has 0 bridgehead atoms. The molecule has 3 nitrogen and oxygen atoms in total. The Morgan fingerprint density at radius 3 is 1.82 bits per heavy atom. The second-order valence-corrected chi connectivity index (χ2v) is 12.5. The first-order chi connectivity index (χ1) is 24.3. The summed E-state index contributed by atoms with van der Waals surface area (Å²) in [6.45, 7) is 0. The van der Waals surface area contributed by atoms with Crippen molar-refractivity contribution < 1.29 is 8.83 Å². The Kier molecular flexibility index (Phi) is 6.18. The molecule has 0 fully saturated rings. The highest BCUT2D eigenvalue weighted by atomic mass is 16.3. The van der Waals surface area contributed by atoms with Gasteiger partial charge in [-0.1, -0.05) is 140 Å². The molecule has 0 spiro atoms. The van der Waals surface area contributed by atoms with Crippen LogP contribution in [0.1, 0.15) is 0 Å². The molecule has 0 saturated heterocycles. The monoisotopic (exact) mass is 627 g/mol. The number of fused-ring (bicyclic) bond motifs is 8. The van der Waals surface area contributed by atoms with Gasteiger partial charge >= 0.3 is 0 Å². The molecule has 49 heavy (non-hydrogen) atoms. The van der Waals surface area contributed by atoms with E-state index in [0.29, 0.717) is 0 Å². The molecule has 0 aliphatic carbocycles. The minimum absolute atomic E-state index is 0.838. The number of rotatable bonds is 5. The van der Waals surface area contributed by atoms with Crippen molar-refractivity contribution in [2.45, 2.75) is 0 Å². The highest BCUT2D eigenvalue weighted by molar-refractivity contribution is 6.20. The van der Waals surface area contributed by atoms with Crippen molar-refractivity contribution in [3.63, 3.8) is 0 Å². The first-order valence-corrected chi connectivity index (χ1v) is 16.6. The van der Waals surface area contributed by atoms with E-state index in [-0.39, 0.29) is 0 Å². The highest BCUT2D eigenvalue weighted by Crippen LogP contribution is 2.48. The Morgan fingerprint density at radius 2 is 0.980 bits per heavy atom. The van der Waals surface area contributed by atoms with E-state index in [9.17, 15) is 0 Å². The van der Waals surface area contributed by atoms with Gasteiger partial charge in [-0.25, -0.2) is 0 Å². The molecule has 230 valence electrons. The third-order valence-corrected chi connectivity index (χ3v) is 9.67. The zero-order valence-electron chi connectivity index (χ0n) is 26.5. The van der Waals surface area contributed by atoms with Gasteiger partial charge in [-0.05, 0) is 58.5 Å². The van der Waals surface area contributed by atoms with Crippen LogP contribution in [0.15, 0.2) is 185 Å². The van der Waals surface area contributed by atoms with Crippen LogP contribution < -0.4 is 4.90 Å². The second-order valence-electron chi connectivity index (χ2n) is 12.5. The number of hydrogen-bond donors (Lipinski definition) is 0. The number of anilines is 3. The predicted molar refractivity (Wildman–Crippen MR) is 204 cm³/mol. The van der Waals surface area contributed by atoms with E-state index in [4.69, 9.17) is 8.83 Å². The summed E-state index contributed by atoms with van der Waals surface area (Å²) < 4.78 is 13.6. The largest absolute Gasteiger partial charge is 0.455 e. The van der Waals surface area contributed by atoms with Crippen LogP contribution in [0.2, 0.25) is 0 Å². The predicted octanol–water partition coefficient (Wildman–Crippen LogP) is 13.4. The van der Waals surface area contributed by atoms with Gasteiger partial charge in [0.15, 0.2) is 5.58 Å². The fraction of sp³-hybridized carbons (Fsp3) is 0. The first-order valence-electron chi connectivity index (χ1n) is 16.6. The quantitative estimate of drug-likeness (QED) is 0.190. The maximum atomic E-state index is 6.91. The van der Waals surface area contributed by atoms with E-state index in [1.54, 1.807) is 0 Å². The third-order valence-electron chi connectivity index (χ3n) is 9.67. The summed E-state index contributed by atoms with van der Waals surface area (Å²) in [4.78, 5) is 2.33. The van der Waals surface area contributed by atoms with Gasteiger partial charge in [-0.2, -0.15) is 0 Å². The van der Waals surface area contributed by atoms with Gasteiger partial charge in [0.1, 0.15) is 16.7 Å². The van der Waals surface area contributed by atoms with Gasteiger partial charge in [0, 0.05) is 32.8 Å². The summed E-state index contributed by atoms with van der Waals surface area (Å²) in [5.41, 5.74) is 11.0. The number of hydrogen-bond acceptors (Lipinski definition) is 3. The van der Waals surface area contributed by atoms with Crippen LogP contribution in [0.5, 0.6) is 0 Å². The van der Waals surface area contributed by atoms with Crippen molar-refractivity contribution in [3.8, 4) is 22.3 Å². The van der Waals surface area contributed by atoms with Crippen molar-refractivity contribution >= 4 is 71.7 Å². The molecule has 2 aromatic heterocycles. The lowest BCUT2D eigenvalue weighted by atomic mass is 10.0. The zero-order chi connectivity index (χ0) is 32.3. The minimum atomic E-state index is 0.838. The zero-order valence-corrected chi connectivity index (χ0v) is 26.5. The van der Waals surface area contributed by atoms with Crippen molar-refractivity contribution in [1.82, 2.24) is 0 Å². The number of benzene rings is 8. The lowest BCUT2D eigenvalue weighted by molar-refractivity contribution is 0.669. The molecular weight excluding hydrogens is 599 g/mol. The summed E-state index contributed by atoms with van der Waals surface area (Å²) in [5.74, 6) is 0. The van der Waals surface area contributed by atoms with Crippen LogP contribution in [0, 0.1) is 0 Å². The molecule has 0 aliphatic rings. The lowest BCUT2D eigenvalue weighted by Gasteiger charge is -2.26. The van der Waals surface area contributed by atoms with Gasteiger partial charge in [0.25, 0.3) is 0 Å². The van der Waals surface area contributed by atoms with Crippen molar-refractivity contribution in [1.29, 1.82) is 0 Å². The van der Waals surface area contributed by atoms with Crippen LogP contribution >= 0.6 is 0 Å². The molecule has 0 N–H and O–H groups in total. The number of furan rings is 2. The van der Waals surface area contributed by atoms with Crippen LogP contribution in [-0.4, -0.2) is 0 Å². The molecule has 0 radical (unpaired) electrons. The summed E-state index contributed by atoms with van der Waals surface area (Å²) in [6.07, 6.45) is 0. The lowest BCUT2D eigenvalue weighted by Crippen LogP contribution is -2.10. The van der Waals surface area contributed by atoms with Crippen molar-refractivity contribution in [3.05, 3.63) is 176 Å². The van der Waals surface area contributed by atoms with Gasteiger partial charge in [-0.15, -0.1) is 0 Å². The average Bonchev–Trinajstić information content (AvgIpc) is 3.76. The first kappa shape index (κ1) is 27.5. The van der Waals surface area contributed by atoms with Gasteiger partial charge < -0.3 is 13.7 Å². The molecular formula is C46H29NO2. The summed E-state index contributed by atoms with van der Waals surface area (Å²) in [5, 5.41) is 6.58. The second kappa shape index (κ2) is 11.0. The highest BCUT2D eigenvalue weighted by Gasteiger charge is 2.24. The molecule has 0 aliphatic heterocycles. The molecule has 2 heterocycles. The Morgan fingerprint density at radius 1 is 0.347 bits per heavy atom. The number of nitrogens with zero attached hydrogens (tertiary/aromatic N) is 1. The van der Waals surface area contributed by atoms with Crippen LogP contribution in [0.4, 0.5) is 17.1 Å². The summed E-state index contributed by atoms with van der Waals surface area (Å²) in [7, 11) is 0. The topological polar surface area (TPSA) is 29.5 Å². The Bertz CT molecular complexity index is 2810. The summed E-state index contributed by atoms with van der Waals surface area (Å²) >= 11 is 0. The van der Waals surface area contributed by atoms with Crippen molar-refractivity contribution in [2.24, 2.45) is 0 Å². The standard InChI is InChI=1S/C46H29NO2/c1-3-12-30(13-4-1)31-24-27-34(28-25-31)47(41-22-10-19-37-38-29-26-33-16-7-8-17-35(33)44(38)49-46(37)41)40-21-11-23-42-43(40)39-20-9-18-36(45(39)48-42)32-14-5-2-6-15-32/h1-29H. The van der Waals surface area contributed by atoms with Crippen LogP contribution in [0.25, 0.3) is 76.9 Å². The molecule has 0 saturated carbocycles. The van der Waals surface area contributed by atoms with Gasteiger partial charge in [0.05, 0.1) is 16.8 Å². The SMILES string of the molecule is c1ccc(-c2ccc(N(c3cccc4c3oc3c5ccccc5ccc43)c3cccc4oc5c(-c6ccccc6)cccc5c34)cc2)cc1. The molecule has 0 amide bonds. The maximum absolute atomic E-state index is 6.91. The van der Waals surface area contributed by atoms with Crippen LogP contribution in [0.3, 0.4) is 0 Å². The number of para-hydroxylation sites is 2. The Labute approximate surface area is 282 Å². The molecule has 10 rings (SSSR count). The van der Waals surface area contributed by atoms with E-state index in [1.165, 1.54) is 5.56 Å². The molecule has 3 heteroatoms. The molecule has 0 unspecified atom stereocenters. The van der Waals surface area contributed by atoms with Gasteiger partial charge in [0.2, 0.25) is 0 Å². The van der Waals surface area contributed by atoms with Crippen LogP contribution in [-0.2, 0) is 0 Å². The van der Waals surface area contributed by atoms with E-state index in [1.807, 2.05) is 6.07 Å². The normalized spacial score (nSPS) is 11.7. The average molecular weight is 628 g/mol. The molecule has 0 atom stereocenters. The fourth-order valence-corrected chi connectivity index (χ4v) is 7.39. The van der Waals surface area contributed by atoms with E-state index in [0.717, 1.165) is 88.4 Å². The van der Waals surface area contributed by atoms with E-state index < -0.39 is 0 Å². The summed E-state index contributed by atoms with van der Waals surface area (Å²) in [6, 6.07) is 61.8. The third kappa shape index (κ3) is 4.37. The smallest absolute Gasteiger partial charge is 0.159 e.